The lowest BCUT2D eigenvalue weighted by atomic mass is 9.92. The topological polar surface area (TPSA) is 84.6 Å². The van der Waals surface area contributed by atoms with Crippen LogP contribution in [0.4, 0.5) is 4.79 Å². The van der Waals surface area contributed by atoms with Gasteiger partial charge >= 0.3 is 12.0 Å². The highest BCUT2D eigenvalue weighted by Gasteiger charge is 2.33. The monoisotopic (exact) mass is 253 g/mol. The molecule has 1 fully saturated rings. The Labute approximate surface area is 107 Å². The first-order valence-electron chi connectivity index (χ1n) is 6.08. The van der Waals surface area contributed by atoms with Gasteiger partial charge in [-0.2, -0.15) is 5.26 Å². The molecule has 0 aliphatic carbocycles. The van der Waals surface area contributed by atoms with Crippen LogP contribution in [0.5, 0.6) is 0 Å². The summed E-state index contributed by atoms with van der Waals surface area (Å²) in [4.78, 5) is 26.2. The number of aliphatic carboxylic acids is 1. The minimum Gasteiger partial charge on any atom is -0.481 e. The predicted octanol–water partition coefficient (Wildman–Crippen LogP) is 1.14. The number of carboxylic acid groups (broad SMARTS) is 1. The lowest BCUT2D eigenvalue weighted by Crippen LogP contribution is -2.50. The van der Waals surface area contributed by atoms with Gasteiger partial charge in [-0.05, 0) is 19.8 Å². The Morgan fingerprint density at radius 1 is 1.56 bits per heavy atom. The molecule has 0 bridgehead atoms. The number of carboxylic acids is 1. The fourth-order valence-electron chi connectivity index (χ4n) is 2.21. The van der Waals surface area contributed by atoms with Crippen molar-refractivity contribution in [1.82, 2.24) is 9.80 Å². The fourth-order valence-corrected chi connectivity index (χ4v) is 2.21. The van der Waals surface area contributed by atoms with E-state index in [0.717, 1.165) is 0 Å². The normalized spacial score (nSPS) is 23.3. The van der Waals surface area contributed by atoms with E-state index in [9.17, 15) is 9.59 Å². The molecule has 0 aromatic carbocycles. The lowest BCUT2D eigenvalue weighted by Gasteiger charge is -2.38. The maximum Gasteiger partial charge on any atom is 0.320 e. The van der Waals surface area contributed by atoms with E-state index in [4.69, 9.17) is 10.4 Å². The van der Waals surface area contributed by atoms with Gasteiger partial charge in [0.1, 0.15) is 0 Å². The Kier molecular flexibility index (Phi) is 4.95. The first-order valence-corrected chi connectivity index (χ1v) is 6.08. The van der Waals surface area contributed by atoms with E-state index in [0.29, 0.717) is 32.4 Å². The van der Waals surface area contributed by atoms with Crippen molar-refractivity contribution >= 4 is 12.0 Å². The Morgan fingerprint density at radius 2 is 2.22 bits per heavy atom. The maximum absolute atomic E-state index is 12.1. The van der Waals surface area contributed by atoms with Gasteiger partial charge in [0, 0.05) is 26.2 Å². The fraction of sp³-hybridized carbons (Fsp3) is 0.750. The molecule has 1 heterocycles. The largest absolute Gasteiger partial charge is 0.481 e. The number of piperidine rings is 1. The first-order chi connectivity index (χ1) is 8.47. The molecule has 1 aliphatic heterocycles. The van der Waals surface area contributed by atoms with Crippen molar-refractivity contribution in [3.63, 3.8) is 0 Å². The second-order valence-electron chi connectivity index (χ2n) is 4.71. The van der Waals surface area contributed by atoms with Crippen molar-refractivity contribution in [3.05, 3.63) is 0 Å². The van der Waals surface area contributed by atoms with Gasteiger partial charge in [-0.25, -0.2) is 4.79 Å². The van der Waals surface area contributed by atoms with Gasteiger partial charge in [-0.3, -0.25) is 4.79 Å². The van der Waals surface area contributed by atoms with E-state index < -0.39 is 5.97 Å². The molecule has 0 aromatic heterocycles. The smallest absolute Gasteiger partial charge is 0.320 e. The molecule has 2 amide bonds. The zero-order valence-corrected chi connectivity index (χ0v) is 10.8. The molecule has 2 unspecified atom stereocenters. The van der Waals surface area contributed by atoms with Crippen molar-refractivity contribution in [2.24, 2.45) is 5.92 Å². The Bertz CT molecular complexity index is 364. The second-order valence-corrected chi connectivity index (χ2v) is 4.71. The summed E-state index contributed by atoms with van der Waals surface area (Å²) in [7, 11) is 1.66. The highest BCUT2D eigenvalue weighted by molar-refractivity contribution is 5.75. The van der Waals surface area contributed by atoms with E-state index in [1.807, 2.05) is 13.0 Å². The van der Waals surface area contributed by atoms with E-state index >= 15 is 0 Å². The summed E-state index contributed by atoms with van der Waals surface area (Å²) >= 11 is 0. The number of nitriles is 1. The predicted molar refractivity (Wildman–Crippen MR) is 64.8 cm³/mol. The molecule has 0 saturated carbocycles. The minimum atomic E-state index is -0.785. The number of likely N-dealkylation sites (tertiary alicyclic amines) is 1. The quantitative estimate of drug-likeness (QED) is 0.817. The number of hydrogen-bond donors (Lipinski definition) is 1. The molecule has 0 radical (unpaired) electrons. The van der Waals surface area contributed by atoms with Crippen LogP contribution in [0.3, 0.4) is 0 Å². The van der Waals surface area contributed by atoms with Crippen LogP contribution in [0.2, 0.25) is 0 Å². The van der Waals surface area contributed by atoms with Crippen LogP contribution in [0, 0.1) is 17.2 Å². The van der Waals surface area contributed by atoms with Gasteiger partial charge in [0.15, 0.2) is 0 Å². The molecule has 1 rings (SSSR count). The molecule has 6 heteroatoms. The second kappa shape index (κ2) is 6.24. The summed E-state index contributed by atoms with van der Waals surface area (Å²) in [6.45, 7) is 2.74. The van der Waals surface area contributed by atoms with Crippen LogP contribution < -0.4 is 0 Å². The number of hydrogen-bond acceptors (Lipinski definition) is 3. The number of carbonyl (C=O) groups is 2. The zero-order chi connectivity index (χ0) is 13.7. The van der Waals surface area contributed by atoms with E-state index in [-0.39, 0.29) is 18.0 Å². The van der Waals surface area contributed by atoms with Crippen molar-refractivity contribution in [3.8, 4) is 6.07 Å². The molecular weight excluding hydrogens is 234 g/mol. The number of rotatable bonds is 3. The third-order valence-electron chi connectivity index (χ3n) is 3.36. The molecule has 0 aromatic rings. The lowest BCUT2D eigenvalue weighted by molar-refractivity contribution is -0.143. The summed E-state index contributed by atoms with van der Waals surface area (Å²) in [6, 6.07) is 1.80. The summed E-state index contributed by atoms with van der Waals surface area (Å²) in [5.74, 6) is -1.14. The van der Waals surface area contributed by atoms with Crippen LogP contribution in [-0.2, 0) is 4.79 Å². The van der Waals surface area contributed by atoms with E-state index in [1.165, 1.54) is 4.90 Å². The number of amides is 2. The molecule has 1 saturated heterocycles. The third kappa shape index (κ3) is 3.36. The first kappa shape index (κ1) is 14.3. The van der Waals surface area contributed by atoms with E-state index in [2.05, 4.69) is 0 Å². The average Bonchev–Trinajstić information content (AvgIpc) is 2.34. The molecular formula is C12H19N3O3. The van der Waals surface area contributed by atoms with Gasteiger partial charge in [-0.15, -0.1) is 0 Å². The van der Waals surface area contributed by atoms with Gasteiger partial charge in [0.25, 0.3) is 0 Å². The minimum absolute atomic E-state index is 0.0723. The van der Waals surface area contributed by atoms with Gasteiger partial charge in [0.05, 0.1) is 18.4 Å². The van der Waals surface area contributed by atoms with Crippen LogP contribution >= 0.6 is 0 Å². The Morgan fingerprint density at radius 3 is 2.72 bits per heavy atom. The van der Waals surface area contributed by atoms with Gasteiger partial charge in [-0.1, -0.05) is 0 Å². The van der Waals surface area contributed by atoms with Gasteiger partial charge < -0.3 is 14.9 Å². The standard InChI is InChI=1S/C12H19N3O3/c1-9-8-10(11(16)17)4-7-15(9)12(18)14(2)6-3-5-13/h9-10H,3-4,6-8H2,1-2H3,(H,16,17). The van der Waals surface area contributed by atoms with Crippen LogP contribution in [0.15, 0.2) is 0 Å². The highest BCUT2D eigenvalue weighted by Crippen LogP contribution is 2.23. The molecule has 1 N–H and O–H groups in total. The summed E-state index contributed by atoms with van der Waals surface area (Å²) in [5, 5.41) is 17.4. The van der Waals surface area contributed by atoms with Crippen molar-refractivity contribution in [1.29, 1.82) is 5.26 Å². The summed E-state index contributed by atoms with van der Waals surface area (Å²) < 4.78 is 0. The molecule has 6 nitrogen and oxygen atoms in total. The van der Waals surface area contributed by atoms with Crippen molar-refractivity contribution < 1.29 is 14.7 Å². The molecule has 100 valence electrons. The van der Waals surface area contributed by atoms with Crippen molar-refractivity contribution in [2.45, 2.75) is 32.2 Å². The number of urea groups is 1. The molecule has 2 atom stereocenters. The number of carbonyl (C=O) groups excluding carboxylic acids is 1. The maximum atomic E-state index is 12.1. The third-order valence-corrected chi connectivity index (χ3v) is 3.36. The summed E-state index contributed by atoms with van der Waals surface area (Å²) in [5.41, 5.74) is 0. The van der Waals surface area contributed by atoms with Crippen LogP contribution in [0.25, 0.3) is 0 Å². The SMILES string of the molecule is CC1CC(C(=O)O)CCN1C(=O)N(C)CCC#N. The molecule has 18 heavy (non-hydrogen) atoms. The molecule has 0 spiro atoms. The Hall–Kier alpha value is -1.77. The summed E-state index contributed by atoms with van der Waals surface area (Å²) in [6.07, 6.45) is 1.30. The molecule has 1 aliphatic rings. The number of nitrogens with zero attached hydrogens (tertiary/aromatic N) is 3. The highest BCUT2D eigenvalue weighted by atomic mass is 16.4. The van der Waals surface area contributed by atoms with Gasteiger partial charge in [0.2, 0.25) is 0 Å². The van der Waals surface area contributed by atoms with E-state index in [1.54, 1.807) is 11.9 Å². The van der Waals surface area contributed by atoms with Crippen molar-refractivity contribution in [2.75, 3.05) is 20.1 Å². The average molecular weight is 253 g/mol. The zero-order valence-electron chi connectivity index (χ0n) is 10.8. The van der Waals surface area contributed by atoms with Crippen LogP contribution in [-0.4, -0.2) is 53.1 Å². The van der Waals surface area contributed by atoms with Crippen LogP contribution in [0.1, 0.15) is 26.2 Å². The Balaban J connectivity index is 2.55.